The lowest BCUT2D eigenvalue weighted by Gasteiger charge is -2.08. The van der Waals surface area contributed by atoms with Crippen LogP contribution in [0.5, 0.6) is 11.5 Å². The molecule has 2 aromatic rings. The lowest BCUT2D eigenvalue weighted by atomic mass is 10.1. The van der Waals surface area contributed by atoms with Crippen LogP contribution in [0.2, 0.25) is 0 Å². The summed E-state index contributed by atoms with van der Waals surface area (Å²) >= 11 is 0. The summed E-state index contributed by atoms with van der Waals surface area (Å²) in [5.41, 5.74) is 4.98. The second kappa shape index (κ2) is 9.32. The van der Waals surface area contributed by atoms with E-state index in [0.29, 0.717) is 13.0 Å². The molecule has 0 aliphatic rings. The monoisotopic (exact) mass is 341 g/mol. The predicted octanol–water partition coefficient (Wildman–Crippen LogP) is 3.13. The van der Waals surface area contributed by atoms with Gasteiger partial charge in [-0.05, 0) is 67.4 Å². The average molecular weight is 341 g/mol. The number of hydrazone groups is 1. The van der Waals surface area contributed by atoms with Gasteiger partial charge in [0.1, 0.15) is 11.5 Å². The van der Waals surface area contributed by atoms with E-state index in [-0.39, 0.29) is 18.2 Å². The van der Waals surface area contributed by atoms with Gasteiger partial charge in [-0.25, -0.2) is 5.43 Å². The fourth-order valence-corrected chi connectivity index (χ4v) is 2.19. The van der Waals surface area contributed by atoms with Crippen molar-refractivity contribution in [3.8, 4) is 11.5 Å². The number of nitrogens with zero attached hydrogens (tertiary/aromatic N) is 1. The molecule has 2 rings (SSSR count). The Morgan fingerprint density at radius 1 is 1.08 bits per heavy atom. The Morgan fingerprint density at radius 2 is 1.76 bits per heavy atom. The maximum atomic E-state index is 11.9. The number of phenols is 1. The van der Waals surface area contributed by atoms with E-state index >= 15 is 0 Å². The van der Waals surface area contributed by atoms with Crippen LogP contribution in [-0.4, -0.2) is 29.9 Å². The van der Waals surface area contributed by atoms with E-state index in [2.05, 4.69) is 15.8 Å². The quantitative estimate of drug-likeness (QED) is 0.509. The van der Waals surface area contributed by atoms with Gasteiger partial charge in [0, 0.05) is 5.69 Å². The van der Waals surface area contributed by atoms with Gasteiger partial charge in [-0.3, -0.25) is 4.79 Å². The number of aromatic hydroxyl groups is 1. The Hall–Kier alpha value is -3.02. The van der Waals surface area contributed by atoms with Crippen LogP contribution in [0.25, 0.3) is 0 Å². The Balaban J connectivity index is 1.87. The molecule has 0 radical (unpaired) electrons. The molecule has 0 saturated carbocycles. The molecule has 25 heavy (non-hydrogen) atoms. The van der Waals surface area contributed by atoms with Crippen molar-refractivity contribution in [2.45, 2.75) is 20.3 Å². The predicted molar refractivity (Wildman–Crippen MR) is 99.2 cm³/mol. The standard InChI is InChI=1S/C19H23N3O3/c1-3-18(14-5-9-16(23)10-6-14)21-22-19(24)13-20-15-7-11-17(12-8-15)25-4-2/h5-12,20,23H,3-4,13H2,1-2H3,(H,22,24). The molecule has 6 nitrogen and oxygen atoms in total. The zero-order valence-corrected chi connectivity index (χ0v) is 14.5. The highest BCUT2D eigenvalue weighted by molar-refractivity contribution is 6.01. The molecular weight excluding hydrogens is 318 g/mol. The Morgan fingerprint density at radius 3 is 2.36 bits per heavy atom. The summed E-state index contributed by atoms with van der Waals surface area (Å²) in [6.07, 6.45) is 0.664. The number of hydrogen-bond acceptors (Lipinski definition) is 5. The van der Waals surface area contributed by atoms with E-state index in [1.165, 1.54) is 0 Å². The minimum atomic E-state index is -0.237. The summed E-state index contributed by atoms with van der Waals surface area (Å²) in [7, 11) is 0. The maximum Gasteiger partial charge on any atom is 0.259 e. The first kappa shape index (κ1) is 18.3. The Labute approximate surface area is 147 Å². The molecule has 6 heteroatoms. The van der Waals surface area contributed by atoms with Crippen LogP contribution in [-0.2, 0) is 4.79 Å². The van der Waals surface area contributed by atoms with Gasteiger partial charge < -0.3 is 15.2 Å². The molecule has 3 N–H and O–H groups in total. The molecule has 0 bridgehead atoms. The number of carbonyl (C=O) groups excluding carboxylic acids is 1. The van der Waals surface area contributed by atoms with Gasteiger partial charge in [-0.15, -0.1) is 0 Å². The lowest BCUT2D eigenvalue weighted by molar-refractivity contribution is -0.119. The van der Waals surface area contributed by atoms with Crippen molar-refractivity contribution in [1.82, 2.24) is 5.43 Å². The number of rotatable bonds is 8. The fraction of sp³-hybridized carbons (Fsp3) is 0.263. The number of benzene rings is 2. The minimum Gasteiger partial charge on any atom is -0.508 e. The third kappa shape index (κ3) is 5.84. The smallest absolute Gasteiger partial charge is 0.259 e. The van der Waals surface area contributed by atoms with Gasteiger partial charge in [0.25, 0.3) is 5.91 Å². The highest BCUT2D eigenvalue weighted by atomic mass is 16.5. The van der Waals surface area contributed by atoms with Gasteiger partial charge in [0.15, 0.2) is 0 Å². The number of anilines is 1. The van der Waals surface area contributed by atoms with E-state index in [1.54, 1.807) is 24.3 Å². The third-order valence-electron chi connectivity index (χ3n) is 3.47. The van der Waals surface area contributed by atoms with E-state index in [9.17, 15) is 9.90 Å². The summed E-state index contributed by atoms with van der Waals surface area (Å²) < 4.78 is 5.37. The molecule has 2 aromatic carbocycles. The van der Waals surface area contributed by atoms with Crippen LogP contribution in [0.1, 0.15) is 25.8 Å². The highest BCUT2D eigenvalue weighted by Gasteiger charge is 2.04. The number of phenolic OH excluding ortho intramolecular Hbond substituents is 1. The van der Waals surface area contributed by atoms with Crippen molar-refractivity contribution in [2.24, 2.45) is 5.10 Å². The second-order valence-electron chi connectivity index (χ2n) is 5.30. The molecule has 1 amide bonds. The molecule has 0 spiro atoms. The fourth-order valence-electron chi connectivity index (χ4n) is 2.19. The molecule has 0 atom stereocenters. The van der Waals surface area contributed by atoms with E-state index < -0.39 is 0 Å². The Bertz CT molecular complexity index is 710. The van der Waals surface area contributed by atoms with Crippen molar-refractivity contribution in [1.29, 1.82) is 0 Å². The zero-order valence-electron chi connectivity index (χ0n) is 14.5. The summed E-state index contributed by atoms with van der Waals surface area (Å²) in [4.78, 5) is 11.9. The van der Waals surface area contributed by atoms with E-state index in [1.807, 2.05) is 38.1 Å². The summed E-state index contributed by atoms with van der Waals surface area (Å²) in [5, 5.41) is 16.5. The summed E-state index contributed by atoms with van der Waals surface area (Å²) in [6.45, 7) is 4.62. The average Bonchev–Trinajstić information content (AvgIpc) is 2.63. The maximum absolute atomic E-state index is 11.9. The first-order valence-electron chi connectivity index (χ1n) is 8.24. The second-order valence-corrected chi connectivity index (χ2v) is 5.30. The topological polar surface area (TPSA) is 83.0 Å². The van der Waals surface area contributed by atoms with Crippen molar-refractivity contribution < 1.29 is 14.6 Å². The Kier molecular flexibility index (Phi) is 6.83. The molecule has 0 aliphatic heterocycles. The SMILES string of the molecule is CCOc1ccc(NCC(=O)NN=C(CC)c2ccc(O)cc2)cc1. The lowest BCUT2D eigenvalue weighted by Crippen LogP contribution is -2.27. The van der Waals surface area contributed by atoms with Gasteiger partial charge in [-0.2, -0.15) is 5.10 Å². The molecule has 0 aromatic heterocycles. The largest absolute Gasteiger partial charge is 0.508 e. The molecule has 0 heterocycles. The van der Waals surface area contributed by atoms with Crippen LogP contribution >= 0.6 is 0 Å². The number of hydrogen-bond donors (Lipinski definition) is 3. The van der Waals surface area contributed by atoms with Crippen LogP contribution in [0.3, 0.4) is 0 Å². The normalized spacial score (nSPS) is 11.0. The van der Waals surface area contributed by atoms with Crippen molar-refractivity contribution in [3.05, 3.63) is 54.1 Å². The number of amides is 1. The van der Waals surface area contributed by atoms with Gasteiger partial charge >= 0.3 is 0 Å². The first-order valence-corrected chi connectivity index (χ1v) is 8.24. The molecule has 132 valence electrons. The number of nitrogens with one attached hydrogen (secondary N) is 2. The third-order valence-corrected chi connectivity index (χ3v) is 3.47. The van der Waals surface area contributed by atoms with Crippen molar-refractivity contribution >= 4 is 17.3 Å². The highest BCUT2D eigenvalue weighted by Crippen LogP contribution is 2.15. The van der Waals surface area contributed by atoms with Gasteiger partial charge in [-0.1, -0.05) is 6.92 Å². The van der Waals surface area contributed by atoms with E-state index in [4.69, 9.17) is 4.74 Å². The summed E-state index contributed by atoms with van der Waals surface area (Å²) in [6, 6.07) is 14.1. The van der Waals surface area contributed by atoms with Crippen LogP contribution in [0.15, 0.2) is 53.6 Å². The van der Waals surface area contributed by atoms with Gasteiger partial charge in [0.05, 0.1) is 18.9 Å². The number of carbonyl (C=O) groups is 1. The molecular formula is C19H23N3O3. The number of ether oxygens (including phenoxy) is 1. The van der Waals surface area contributed by atoms with Crippen molar-refractivity contribution in [3.63, 3.8) is 0 Å². The molecule has 0 fully saturated rings. The van der Waals surface area contributed by atoms with Gasteiger partial charge in [0.2, 0.25) is 0 Å². The summed E-state index contributed by atoms with van der Waals surface area (Å²) in [5.74, 6) is 0.755. The van der Waals surface area contributed by atoms with Crippen LogP contribution in [0, 0.1) is 0 Å². The molecule has 0 aliphatic carbocycles. The zero-order chi connectivity index (χ0) is 18.1. The molecule has 0 saturated heterocycles. The minimum absolute atomic E-state index is 0.115. The van der Waals surface area contributed by atoms with Crippen LogP contribution in [0.4, 0.5) is 5.69 Å². The van der Waals surface area contributed by atoms with Crippen LogP contribution < -0.4 is 15.5 Å². The first-order chi connectivity index (χ1) is 12.1. The van der Waals surface area contributed by atoms with Crippen molar-refractivity contribution in [2.75, 3.05) is 18.5 Å². The van der Waals surface area contributed by atoms with E-state index in [0.717, 1.165) is 22.7 Å². The molecule has 0 unspecified atom stereocenters.